The van der Waals surface area contributed by atoms with Crippen LogP contribution in [-0.4, -0.2) is 19.7 Å². The van der Waals surface area contributed by atoms with Crippen molar-refractivity contribution in [3.63, 3.8) is 0 Å². The Hall–Kier alpha value is -4.52. The Morgan fingerprint density at radius 1 is 1.15 bits per heavy atom. The van der Waals surface area contributed by atoms with Crippen molar-refractivity contribution in [2.24, 2.45) is 7.05 Å². The number of halogens is 2. The predicted molar refractivity (Wildman–Crippen MR) is 118 cm³/mol. The monoisotopic (exact) mass is 463 g/mol. The first-order chi connectivity index (χ1) is 16.3. The number of hydrogen-bond acceptors (Lipinski definition) is 6. The minimum atomic E-state index is -1.05. The third-order valence-corrected chi connectivity index (χ3v) is 5.03. The molecule has 0 fully saturated rings. The molecule has 8 nitrogen and oxygen atoms in total. The van der Waals surface area contributed by atoms with Crippen LogP contribution in [0.4, 0.5) is 8.78 Å². The van der Waals surface area contributed by atoms with Crippen LogP contribution in [0.1, 0.15) is 27.9 Å². The van der Waals surface area contributed by atoms with Gasteiger partial charge in [-0.15, -0.1) is 0 Å². The van der Waals surface area contributed by atoms with Crippen molar-refractivity contribution in [1.29, 1.82) is 5.26 Å². The summed E-state index contributed by atoms with van der Waals surface area (Å²) in [5.74, 6) is -1.62. The molecule has 0 spiro atoms. The molecule has 2 heterocycles. The summed E-state index contributed by atoms with van der Waals surface area (Å²) in [4.78, 5) is 18.7. The van der Waals surface area contributed by atoms with Gasteiger partial charge in [-0.1, -0.05) is 6.07 Å². The van der Waals surface area contributed by atoms with E-state index in [0.29, 0.717) is 23.2 Å². The molecule has 0 unspecified atom stereocenters. The second-order valence-electron chi connectivity index (χ2n) is 7.56. The van der Waals surface area contributed by atoms with E-state index >= 15 is 0 Å². The van der Waals surface area contributed by atoms with E-state index in [1.54, 1.807) is 29.9 Å². The molecule has 4 rings (SSSR count). The van der Waals surface area contributed by atoms with Gasteiger partial charge in [0.1, 0.15) is 24.2 Å². The highest BCUT2D eigenvalue weighted by Gasteiger charge is 2.13. The summed E-state index contributed by atoms with van der Waals surface area (Å²) >= 11 is 0. The molecular formula is C24H19F2N5O3. The lowest BCUT2D eigenvalue weighted by Gasteiger charge is -2.12. The number of H-pyrrole nitrogens is 1. The Morgan fingerprint density at radius 3 is 2.68 bits per heavy atom. The summed E-state index contributed by atoms with van der Waals surface area (Å²) in [5.41, 5.74) is 2.54. The SMILES string of the molecule is Cc1c(OCc2ccc(Oc3ccc(F)c(F)c3)c(C#N)c2)nc(=O)[nH]c1Cc1cnn(C)c1. The van der Waals surface area contributed by atoms with E-state index in [2.05, 4.69) is 15.1 Å². The zero-order chi connectivity index (χ0) is 24.2. The number of rotatable bonds is 7. The van der Waals surface area contributed by atoms with Crippen molar-refractivity contribution < 1.29 is 18.3 Å². The molecule has 0 aliphatic heterocycles. The van der Waals surface area contributed by atoms with Crippen molar-refractivity contribution in [1.82, 2.24) is 19.7 Å². The van der Waals surface area contributed by atoms with Crippen LogP contribution in [0.2, 0.25) is 0 Å². The molecule has 1 N–H and O–H groups in total. The number of benzene rings is 2. The van der Waals surface area contributed by atoms with Gasteiger partial charge in [0.15, 0.2) is 11.6 Å². The van der Waals surface area contributed by atoms with Crippen molar-refractivity contribution in [3.05, 3.63) is 98.9 Å². The summed E-state index contributed by atoms with van der Waals surface area (Å²) in [6.07, 6.45) is 4.03. The van der Waals surface area contributed by atoms with E-state index in [0.717, 1.165) is 17.7 Å². The minimum Gasteiger partial charge on any atom is -0.472 e. The van der Waals surface area contributed by atoms with Crippen LogP contribution >= 0.6 is 0 Å². The largest absolute Gasteiger partial charge is 0.472 e. The molecule has 4 aromatic rings. The van der Waals surface area contributed by atoms with Gasteiger partial charge in [0.2, 0.25) is 5.88 Å². The van der Waals surface area contributed by atoms with Gasteiger partial charge < -0.3 is 14.5 Å². The molecule has 2 aromatic carbocycles. The first kappa shape index (κ1) is 22.7. The van der Waals surface area contributed by atoms with E-state index in [-0.39, 0.29) is 29.5 Å². The molecular weight excluding hydrogens is 444 g/mol. The van der Waals surface area contributed by atoms with Gasteiger partial charge in [-0.2, -0.15) is 15.3 Å². The number of nitriles is 1. The van der Waals surface area contributed by atoms with Crippen LogP contribution in [0.25, 0.3) is 0 Å². The number of aromatic amines is 1. The average molecular weight is 463 g/mol. The number of aromatic nitrogens is 4. The maximum Gasteiger partial charge on any atom is 0.348 e. The lowest BCUT2D eigenvalue weighted by Crippen LogP contribution is -2.17. The van der Waals surface area contributed by atoms with Crippen LogP contribution in [0.5, 0.6) is 17.4 Å². The van der Waals surface area contributed by atoms with Gasteiger partial charge in [0, 0.05) is 37.0 Å². The van der Waals surface area contributed by atoms with Gasteiger partial charge >= 0.3 is 5.69 Å². The first-order valence-corrected chi connectivity index (χ1v) is 10.2. The van der Waals surface area contributed by atoms with Crippen molar-refractivity contribution in [2.45, 2.75) is 20.0 Å². The maximum atomic E-state index is 13.4. The van der Waals surface area contributed by atoms with Gasteiger partial charge in [-0.25, -0.2) is 13.6 Å². The van der Waals surface area contributed by atoms with Crippen LogP contribution in [0, 0.1) is 29.9 Å². The summed E-state index contributed by atoms with van der Waals surface area (Å²) in [6, 6.07) is 9.86. The minimum absolute atomic E-state index is 0.0454. The van der Waals surface area contributed by atoms with Crippen molar-refractivity contribution in [3.8, 4) is 23.4 Å². The fourth-order valence-corrected chi connectivity index (χ4v) is 3.30. The van der Waals surface area contributed by atoms with Gasteiger partial charge in [0.25, 0.3) is 0 Å². The van der Waals surface area contributed by atoms with Crippen LogP contribution in [0.15, 0.2) is 53.6 Å². The van der Waals surface area contributed by atoms with Crippen LogP contribution in [-0.2, 0) is 20.1 Å². The lowest BCUT2D eigenvalue weighted by molar-refractivity contribution is 0.289. The molecule has 10 heteroatoms. The summed E-state index contributed by atoms with van der Waals surface area (Å²) in [6.45, 7) is 1.84. The van der Waals surface area contributed by atoms with E-state index in [9.17, 15) is 18.8 Å². The highest BCUT2D eigenvalue weighted by atomic mass is 19.2. The van der Waals surface area contributed by atoms with Gasteiger partial charge in [0.05, 0.1) is 11.8 Å². The molecule has 0 atom stereocenters. The highest BCUT2D eigenvalue weighted by molar-refractivity contribution is 5.47. The quantitative estimate of drug-likeness (QED) is 0.445. The normalized spacial score (nSPS) is 10.7. The topological polar surface area (TPSA) is 106 Å². The molecule has 0 amide bonds. The second-order valence-corrected chi connectivity index (χ2v) is 7.56. The van der Waals surface area contributed by atoms with Gasteiger partial charge in [-0.3, -0.25) is 4.68 Å². The average Bonchev–Trinajstić information content (AvgIpc) is 3.22. The molecule has 0 radical (unpaired) electrons. The standard InChI is InChI=1S/C24H19F2N5O3/c1-14-21(8-16-11-28-31(2)12-16)29-24(32)30-23(14)33-13-15-3-6-22(17(7-15)10-27)34-18-4-5-19(25)20(26)9-18/h3-7,9,11-12H,8,13H2,1-2H3,(H,29,30,32). The fraction of sp³-hybridized carbons (Fsp3) is 0.167. The Labute approximate surface area is 193 Å². The van der Waals surface area contributed by atoms with E-state index in [1.807, 2.05) is 19.3 Å². The van der Waals surface area contributed by atoms with Crippen molar-refractivity contribution >= 4 is 0 Å². The van der Waals surface area contributed by atoms with Crippen molar-refractivity contribution in [2.75, 3.05) is 0 Å². The van der Waals surface area contributed by atoms with E-state index in [4.69, 9.17) is 9.47 Å². The molecule has 0 aliphatic rings. The molecule has 0 bridgehead atoms. The smallest absolute Gasteiger partial charge is 0.348 e. The summed E-state index contributed by atoms with van der Waals surface area (Å²) in [5, 5.41) is 13.6. The first-order valence-electron chi connectivity index (χ1n) is 10.2. The maximum absolute atomic E-state index is 13.4. The second kappa shape index (κ2) is 9.54. The Bertz CT molecular complexity index is 1460. The zero-order valence-electron chi connectivity index (χ0n) is 18.3. The molecule has 0 saturated carbocycles. The molecule has 0 aliphatic carbocycles. The van der Waals surface area contributed by atoms with E-state index < -0.39 is 17.3 Å². The molecule has 172 valence electrons. The Morgan fingerprint density at radius 2 is 1.97 bits per heavy atom. The third-order valence-electron chi connectivity index (χ3n) is 5.03. The number of aryl methyl sites for hydroxylation is 1. The number of nitrogens with one attached hydrogen (secondary N) is 1. The number of nitrogens with zero attached hydrogens (tertiary/aromatic N) is 4. The number of hydrogen-bond donors (Lipinski definition) is 1. The molecule has 34 heavy (non-hydrogen) atoms. The highest BCUT2D eigenvalue weighted by Crippen LogP contribution is 2.28. The molecule has 2 aromatic heterocycles. The van der Waals surface area contributed by atoms with E-state index in [1.165, 1.54) is 12.1 Å². The summed E-state index contributed by atoms with van der Waals surface area (Å²) in [7, 11) is 1.81. The predicted octanol–water partition coefficient (Wildman–Crippen LogP) is 3.92. The Kier molecular flexibility index (Phi) is 6.36. The number of ether oxygens (including phenoxy) is 2. The Balaban J connectivity index is 1.50. The zero-order valence-corrected chi connectivity index (χ0v) is 18.3. The lowest BCUT2D eigenvalue weighted by atomic mass is 10.1. The van der Waals surface area contributed by atoms with Crippen LogP contribution < -0.4 is 15.2 Å². The fourth-order valence-electron chi connectivity index (χ4n) is 3.30. The third kappa shape index (κ3) is 5.10. The summed E-state index contributed by atoms with van der Waals surface area (Å²) < 4.78 is 39.5. The van der Waals surface area contributed by atoms with Crippen LogP contribution in [0.3, 0.4) is 0 Å². The van der Waals surface area contributed by atoms with Gasteiger partial charge in [-0.05, 0) is 42.3 Å². The molecule has 0 saturated heterocycles.